The molecular formula is C24H22N4O4. The Balaban J connectivity index is 1.44. The summed E-state index contributed by atoms with van der Waals surface area (Å²) < 4.78 is 10.4. The summed E-state index contributed by atoms with van der Waals surface area (Å²) in [5, 5.41) is 10.2. The average molecular weight is 430 g/mol. The molecule has 8 nitrogen and oxygen atoms in total. The van der Waals surface area contributed by atoms with Crippen LogP contribution in [0.3, 0.4) is 0 Å². The average Bonchev–Trinajstić information content (AvgIpc) is 3.22. The van der Waals surface area contributed by atoms with Crippen LogP contribution in [0.5, 0.6) is 5.75 Å². The zero-order chi connectivity index (χ0) is 22.5. The molecule has 0 atom stereocenters. The highest BCUT2D eigenvalue weighted by Crippen LogP contribution is 2.26. The number of amides is 2. The van der Waals surface area contributed by atoms with Crippen LogP contribution in [0.2, 0.25) is 0 Å². The molecule has 0 radical (unpaired) electrons. The number of methoxy groups -OCH3 is 1. The number of hydrogen-bond donors (Lipinski definition) is 2. The molecule has 0 aliphatic heterocycles. The Bertz CT molecular complexity index is 1250. The maximum Gasteiger partial charge on any atom is 0.259 e. The summed E-state index contributed by atoms with van der Waals surface area (Å²) in [5.41, 5.74) is 3.32. The quantitative estimate of drug-likeness (QED) is 0.436. The van der Waals surface area contributed by atoms with Gasteiger partial charge in [0.05, 0.1) is 29.4 Å². The molecule has 2 amide bonds. The van der Waals surface area contributed by atoms with Crippen molar-refractivity contribution in [2.75, 3.05) is 20.2 Å². The summed E-state index contributed by atoms with van der Waals surface area (Å²) in [5.74, 6) is 0.158. The molecule has 32 heavy (non-hydrogen) atoms. The first-order valence-corrected chi connectivity index (χ1v) is 10.1. The van der Waals surface area contributed by atoms with Gasteiger partial charge in [0.15, 0.2) is 0 Å². The number of pyridine rings is 1. The van der Waals surface area contributed by atoms with Crippen molar-refractivity contribution in [3.63, 3.8) is 0 Å². The van der Waals surface area contributed by atoms with E-state index in [1.54, 1.807) is 44.4 Å². The van der Waals surface area contributed by atoms with Crippen molar-refractivity contribution in [3.8, 4) is 17.0 Å². The van der Waals surface area contributed by atoms with Crippen LogP contribution in [0.15, 0.2) is 65.2 Å². The Kier molecular flexibility index (Phi) is 6.12. The van der Waals surface area contributed by atoms with Crippen molar-refractivity contribution in [2.45, 2.75) is 6.92 Å². The SMILES string of the molecule is COc1ccc(C(=O)NCCNC(=O)c2cc(-c3ccccc3)nc3onc(C)c23)cc1. The molecule has 2 heterocycles. The predicted octanol–water partition coefficient (Wildman–Crippen LogP) is 3.37. The van der Waals surface area contributed by atoms with Crippen LogP contribution < -0.4 is 15.4 Å². The zero-order valence-electron chi connectivity index (χ0n) is 17.7. The second-order valence-electron chi connectivity index (χ2n) is 7.11. The smallest absolute Gasteiger partial charge is 0.259 e. The molecule has 0 saturated heterocycles. The highest BCUT2D eigenvalue weighted by atomic mass is 16.5. The van der Waals surface area contributed by atoms with Gasteiger partial charge >= 0.3 is 0 Å². The first kappa shape index (κ1) is 21.0. The number of hydrogen-bond acceptors (Lipinski definition) is 6. The van der Waals surface area contributed by atoms with E-state index in [4.69, 9.17) is 9.26 Å². The van der Waals surface area contributed by atoms with Crippen LogP contribution >= 0.6 is 0 Å². The van der Waals surface area contributed by atoms with Crippen molar-refractivity contribution < 1.29 is 18.8 Å². The second-order valence-corrected chi connectivity index (χ2v) is 7.11. The number of aromatic nitrogens is 2. The summed E-state index contributed by atoms with van der Waals surface area (Å²) >= 11 is 0. The third-order valence-corrected chi connectivity index (χ3v) is 4.98. The minimum absolute atomic E-state index is 0.227. The highest BCUT2D eigenvalue weighted by molar-refractivity contribution is 6.07. The number of rotatable bonds is 7. The van der Waals surface area contributed by atoms with E-state index in [9.17, 15) is 9.59 Å². The molecule has 0 aliphatic carbocycles. The van der Waals surface area contributed by atoms with Crippen LogP contribution in [-0.2, 0) is 0 Å². The third kappa shape index (κ3) is 4.44. The van der Waals surface area contributed by atoms with Crippen molar-refractivity contribution in [1.29, 1.82) is 0 Å². The van der Waals surface area contributed by atoms with Crippen LogP contribution in [0.4, 0.5) is 0 Å². The fraction of sp³-hybridized carbons (Fsp3) is 0.167. The summed E-state index contributed by atoms with van der Waals surface area (Å²) in [6, 6.07) is 18.1. The van der Waals surface area contributed by atoms with Gasteiger partial charge < -0.3 is 19.9 Å². The van der Waals surface area contributed by atoms with Gasteiger partial charge in [0.2, 0.25) is 0 Å². The van der Waals surface area contributed by atoms with Gasteiger partial charge in [-0.15, -0.1) is 0 Å². The first-order chi connectivity index (χ1) is 15.6. The number of nitrogens with zero attached hydrogens (tertiary/aromatic N) is 2. The number of ether oxygens (including phenoxy) is 1. The van der Waals surface area contributed by atoms with E-state index in [2.05, 4.69) is 20.8 Å². The fourth-order valence-corrected chi connectivity index (χ4v) is 3.32. The van der Waals surface area contributed by atoms with Gasteiger partial charge in [-0.3, -0.25) is 9.59 Å². The summed E-state index contributed by atoms with van der Waals surface area (Å²) in [6.45, 7) is 2.30. The predicted molar refractivity (Wildman–Crippen MR) is 120 cm³/mol. The summed E-state index contributed by atoms with van der Waals surface area (Å²) in [7, 11) is 1.57. The van der Waals surface area contributed by atoms with Crippen molar-refractivity contribution in [2.24, 2.45) is 0 Å². The molecule has 0 unspecified atom stereocenters. The van der Waals surface area contributed by atoms with E-state index in [-0.39, 0.29) is 24.9 Å². The molecule has 0 saturated carbocycles. The Morgan fingerprint density at radius 2 is 1.66 bits per heavy atom. The maximum absolute atomic E-state index is 12.9. The molecule has 4 aromatic rings. The Morgan fingerprint density at radius 3 is 2.34 bits per heavy atom. The van der Waals surface area contributed by atoms with Gasteiger partial charge in [-0.2, -0.15) is 0 Å². The van der Waals surface area contributed by atoms with Crippen LogP contribution in [0.1, 0.15) is 26.4 Å². The minimum atomic E-state index is -0.292. The molecule has 0 aliphatic rings. The number of nitrogens with one attached hydrogen (secondary N) is 2. The zero-order valence-corrected chi connectivity index (χ0v) is 17.7. The van der Waals surface area contributed by atoms with Gasteiger partial charge in [-0.1, -0.05) is 35.5 Å². The van der Waals surface area contributed by atoms with Gasteiger partial charge in [-0.05, 0) is 37.3 Å². The van der Waals surface area contributed by atoms with Crippen LogP contribution in [0.25, 0.3) is 22.4 Å². The van der Waals surface area contributed by atoms with E-state index in [1.807, 2.05) is 30.3 Å². The lowest BCUT2D eigenvalue weighted by molar-refractivity contribution is 0.0928. The van der Waals surface area contributed by atoms with Gasteiger partial charge in [0, 0.05) is 24.2 Å². The highest BCUT2D eigenvalue weighted by Gasteiger charge is 2.19. The minimum Gasteiger partial charge on any atom is -0.497 e. The fourth-order valence-electron chi connectivity index (χ4n) is 3.32. The molecule has 0 fully saturated rings. The molecule has 4 rings (SSSR count). The van der Waals surface area contributed by atoms with E-state index < -0.39 is 0 Å². The van der Waals surface area contributed by atoms with E-state index in [0.29, 0.717) is 39.4 Å². The van der Waals surface area contributed by atoms with Crippen molar-refractivity contribution in [1.82, 2.24) is 20.8 Å². The number of aryl methyl sites for hydroxylation is 1. The molecule has 2 N–H and O–H groups in total. The molecule has 2 aromatic carbocycles. The normalized spacial score (nSPS) is 10.7. The Labute approximate surface area is 184 Å². The van der Waals surface area contributed by atoms with E-state index in [1.165, 1.54) is 0 Å². The topological polar surface area (TPSA) is 106 Å². The van der Waals surface area contributed by atoms with Crippen molar-refractivity contribution >= 4 is 22.9 Å². The lowest BCUT2D eigenvalue weighted by Crippen LogP contribution is -2.34. The third-order valence-electron chi connectivity index (χ3n) is 4.98. The second kappa shape index (κ2) is 9.30. The molecule has 2 aromatic heterocycles. The first-order valence-electron chi connectivity index (χ1n) is 10.1. The maximum atomic E-state index is 12.9. The van der Waals surface area contributed by atoms with Gasteiger partial charge in [0.25, 0.3) is 17.5 Å². The number of carbonyl (C=O) groups excluding carboxylic acids is 2. The van der Waals surface area contributed by atoms with Crippen LogP contribution in [-0.4, -0.2) is 42.2 Å². The standard InChI is InChI=1S/C24H22N4O4/c1-15-21-19(14-20(27-24(21)32-28-15)16-6-4-3-5-7-16)23(30)26-13-12-25-22(29)17-8-10-18(31-2)11-9-17/h3-11,14H,12-13H2,1-2H3,(H,25,29)(H,26,30). The van der Waals surface area contributed by atoms with Crippen molar-refractivity contribution in [3.05, 3.63) is 77.5 Å². The molecule has 8 heteroatoms. The van der Waals surface area contributed by atoms with Crippen LogP contribution in [0, 0.1) is 6.92 Å². The largest absolute Gasteiger partial charge is 0.497 e. The van der Waals surface area contributed by atoms with Gasteiger partial charge in [0.1, 0.15) is 5.75 Å². The monoisotopic (exact) mass is 430 g/mol. The Hall–Kier alpha value is -4.20. The molecule has 0 spiro atoms. The lowest BCUT2D eigenvalue weighted by atomic mass is 10.1. The number of benzene rings is 2. The number of fused-ring (bicyclic) bond motifs is 1. The van der Waals surface area contributed by atoms with Gasteiger partial charge in [-0.25, -0.2) is 4.98 Å². The summed E-state index contributed by atoms with van der Waals surface area (Å²) in [4.78, 5) is 29.7. The van der Waals surface area contributed by atoms with E-state index >= 15 is 0 Å². The Morgan fingerprint density at radius 1 is 0.969 bits per heavy atom. The lowest BCUT2D eigenvalue weighted by Gasteiger charge is -2.09. The molecular weight excluding hydrogens is 408 g/mol. The molecule has 162 valence electrons. The molecule has 0 bridgehead atoms. The summed E-state index contributed by atoms with van der Waals surface area (Å²) in [6.07, 6.45) is 0. The van der Waals surface area contributed by atoms with E-state index in [0.717, 1.165) is 5.56 Å². The number of carbonyl (C=O) groups is 2.